The molecule has 0 amide bonds. The topological polar surface area (TPSA) is 18.5 Å². The Balaban J connectivity index is 2.45. The maximum atomic E-state index is 13.1. The number of benzene rings is 1. The first-order chi connectivity index (χ1) is 10.1. The van der Waals surface area contributed by atoms with Gasteiger partial charge in [-0.05, 0) is 49.4 Å². The second-order valence-corrected chi connectivity index (χ2v) is 7.04. The smallest absolute Gasteiger partial charge is 0.321 e. The fourth-order valence-corrected chi connectivity index (χ4v) is 3.90. The highest BCUT2D eigenvalue weighted by molar-refractivity contribution is 6.44. The van der Waals surface area contributed by atoms with Crippen molar-refractivity contribution in [3.8, 4) is 0 Å². The van der Waals surface area contributed by atoms with E-state index in [9.17, 15) is 13.2 Å². The molecule has 1 aromatic rings. The van der Waals surface area contributed by atoms with Gasteiger partial charge in [0.1, 0.15) is 0 Å². The molecule has 0 fully saturated rings. The third kappa shape index (κ3) is 6.63. The Bertz CT molecular complexity index is 398. The number of aryl methyl sites for hydroxylation is 1. The molecule has 0 atom stereocenters. The quantitative estimate of drug-likeness (QED) is 0.477. The van der Waals surface area contributed by atoms with E-state index >= 15 is 0 Å². The first-order valence-electron chi connectivity index (χ1n) is 7.45. The summed E-state index contributed by atoms with van der Waals surface area (Å²) in [5.74, 6) is -3.69. The largest absolute Gasteiger partial charge is 0.397 e. The molecule has 0 aliphatic heterocycles. The molecule has 0 unspecified atom stereocenters. The summed E-state index contributed by atoms with van der Waals surface area (Å²) in [6, 6.07) is 2.88. The fraction of sp³-hybridized carbons (Fsp3) is 0.600. The van der Waals surface area contributed by atoms with Gasteiger partial charge in [-0.25, -0.2) is 13.2 Å². The van der Waals surface area contributed by atoms with Crippen molar-refractivity contribution < 1.29 is 22.0 Å². The van der Waals surface area contributed by atoms with Crippen LogP contribution in [-0.4, -0.2) is 22.5 Å². The molecule has 0 aliphatic rings. The van der Waals surface area contributed by atoms with Crippen LogP contribution in [0.5, 0.6) is 0 Å². The summed E-state index contributed by atoms with van der Waals surface area (Å²) in [5, 5.41) is 0. The molecule has 1 aromatic carbocycles. The molecular formula is C15H23F3O2Si. The zero-order valence-electron chi connectivity index (χ0n) is 12.6. The molecule has 0 saturated carbocycles. The van der Waals surface area contributed by atoms with Crippen LogP contribution in [-0.2, 0) is 15.3 Å². The van der Waals surface area contributed by atoms with E-state index < -0.39 is 26.7 Å². The Morgan fingerprint density at radius 2 is 1.48 bits per heavy atom. The Labute approximate surface area is 126 Å². The van der Waals surface area contributed by atoms with Gasteiger partial charge >= 0.3 is 9.28 Å². The van der Waals surface area contributed by atoms with E-state index in [1.54, 1.807) is 0 Å². The average Bonchev–Trinajstić information content (AvgIpc) is 2.46. The highest BCUT2D eigenvalue weighted by Crippen LogP contribution is 2.16. The summed E-state index contributed by atoms with van der Waals surface area (Å²) in [6.45, 7) is 5.44. The predicted molar refractivity (Wildman–Crippen MR) is 79.1 cm³/mol. The van der Waals surface area contributed by atoms with E-state index in [1.165, 1.54) is 0 Å². The minimum absolute atomic E-state index is 0.463. The van der Waals surface area contributed by atoms with E-state index in [4.69, 9.17) is 8.85 Å². The zero-order chi connectivity index (χ0) is 15.7. The van der Waals surface area contributed by atoms with Crippen molar-refractivity contribution >= 4 is 9.28 Å². The van der Waals surface area contributed by atoms with Crippen molar-refractivity contribution in [2.75, 3.05) is 13.2 Å². The van der Waals surface area contributed by atoms with Gasteiger partial charge in [0.2, 0.25) is 0 Å². The summed E-state index contributed by atoms with van der Waals surface area (Å²) < 4.78 is 50.5. The lowest BCUT2D eigenvalue weighted by Gasteiger charge is -2.16. The third-order valence-electron chi connectivity index (χ3n) is 2.96. The monoisotopic (exact) mass is 320 g/mol. The molecule has 0 heterocycles. The Morgan fingerprint density at radius 3 is 1.95 bits per heavy atom. The van der Waals surface area contributed by atoms with Crippen LogP contribution >= 0.6 is 0 Å². The molecule has 0 radical (unpaired) electrons. The third-order valence-corrected chi connectivity index (χ3v) is 5.06. The van der Waals surface area contributed by atoms with Crippen molar-refractivity contribution in [3.05, 3.63) is 35.1 Å². The van der Waals surface area contributed by atoms with Crippen LogP contribution in [0.3, 0.4) is 0 Å². The van der Waals surface area contributed by atoms with Crippen molar-refractivity contribution in [3.63, 3.8) is 0 Å². The van der Waals surface area contributed by atoms with E-state index in [-0.39, 0.29) is 0 Å². The maximum Gasteiger partial charge on any atom is 0.321 e. The van der Waals surface area contributed by atoms with Crippen LogP contribution in [0, 0.1) is 17.5 Å². The summed E-state index contributed by atoms with van der Waals surface area (Å²) in [6.07, 6.45) is 3.08. The normalized spacial score (nSPS) is 11.3. The molecule has 21 heavy (non-hydrogen) atoms. The molecule has 0 aliphatic carbocycles. The van der Waals surface area contributed by atoms with Crippen LogP contribution in [0.1, 0.15) is 38.7 Å². The highest BCUT2D eigenvalue weighted by Gasteiger charge is 2.14. The minimum atomic E-state index is -1.71. The highest BCUT2D eigenvalue weighted by atomic mass is 28.3. The lowest BCUT2D eigenvalue weighted by Crippen LogP contribution is -2.24. The first kappa shape index (κ1) is 18.2. The zero-order valence-corrected chi connectivity index (χ0v) is 13.8. The van der Waals surface area contributed by atoms with Crippen LogP contribution in [0.2, 0.25) is 6.04 Å². The number of rotatable bonds is 10. The van der Waals surface area contributed by atoms with Gasteiger partial charge in [-0.1, -0.05) is 13.8 Å². The summed E-state index contributed by atoms with van der Waals surface area (Å²) in [7, 11) is -1.71. The molecule has 2 nitrogen and oxygen atoms in total. The van der Waals surface area contributed by atoms with E-state index in [1.807, 2.05) is 13.8 Å². The number of halogens is 3. The minimum Gasteiger partial charge on any atom is -0.397 e. The van der Waals surface area contributed by atoms with E-state index in [0.717, 1.165) is 37.4 Å². The van der Waals surface area contributed by atoms with Gasteiger partial charge in [0, 0.05) is 13.2 Å². The van der Waals surface area contributed by atoms with Crippen molar-refractivity contribution in [1.29, 1.82) is 0 Å². The first-order valence-corrected chi connectivity index (χ1v) is 9.21. The lowest BCUT2D eigenvalue weighted by atomic mass is 10.1. The summed E-state index contributed by atoms with van der Waals surface area (Å²) >= 11 is 0. The van der Waals surface area contributed by atoms with E-state index in [2.05, 4.69) is 0 Å². The molecule has 6 heteroatoms. The van der Waals surface area contributed by atoms with Crippen LogP contribution in [0.4, 0.5) is 13.2 Å². The standard InChI is InChI=1S/C15H23F3O2Si/c1-3-7-19-21(20-8-4-2)9-5-6-12-10-13(16)15(18)14(17)11-12/h10-11,21H,3-9H2,1-2H3. The maximum absolute atomic E-state index is 13.1. The van der Waals surface area contributed by atoms with Gasteiger partial charge in [0.05, 0.1) is 0 Å². The molecule has 1 rings (SSSR count). The lowest BCUT2D eigenvalue weighted by molar-refractivity contribution is 0.196. The number of hydrogen-bond donors (Lipinski definition) is 0. The summed E-state index contributed by atoms with van der Waals surface area (Å²) in [4.78, 5) is 0. The molecule has 0 saturated heterocycles. The van der Waals surface area contributed by atoms with Crippen molar-refractivity contribution in [2.24, 2.45) is 0 Å². The van der Waals surface area contributed by atoms with Crippen LogP contribution in [0.25, 0.3) is 0 Å². The van der Waals surface area contributed by atoms with Gasteiger partial charge < -0.3 is 8.85 Å². The van der Waals surface area contributed by atoms with Crippen molar-refractivity contribution in [1.82, 2.24) is 0 Å². The Kier molecular flexibility index (Phi) is 8.64. The van der Waals surface area contributed by atoms with Gasteiger partial charge in [-0.15, -0.1) is 0 Å². The molecule has 120 valence electrons. The molecule has 0 aromatic heterocycles. The van der Waals surface area contributed by atoms with Crippen molar-refractivity contribution in [2.45, 2.75) is 45.6 Å². The fourth-order valence-electron chi connectivity index (χ4n) is 1.94. The number of hydrogen-bond acceptors (Lipinski definition) is 2. The molecular weight excluding hydrogens is 297 g/mol. The van der Waals surface area contributed by atoms with E-state index in [0.29, 0.717) is 25.2 Å². The SMILES string of the molecule is CCCO[SiH](CCCc1cc(F)c(F)c(F)c1)OCCC. The van der Waals surface area contributed by atoms with Crippen LogP contribution < -0.4 is 0 Å². The van der Waals surface area contributed by atoms with Gasteiger partial charge in [-0.2, -0.15) is 0 Å². The summed E-state index contributed by atoms with van der Waals surface area (Å²) in [5.41, 5.74) is 0.463. The molecule has 0 spiro atoms. The second-order valence-electron chi connectivity index (χ2n) is 4.94. The predicted octanol–water partition coefficient (Wildman–Crippen LogP) is 4.11. The second kappa shape index (κ2) is 9.97. The van der Waals surface area contributed by atoms with Crippen LogP contribution in [0.15, 0.2) is 12.1 Å². The molecule has 0 N–H and O–H groups in total. The van der Waals surface area contributed by atoms with Gasteiger partial charge in [-0.3, -0.25) is 0 Å². The Morgan fingerprint density at radius 1 is 0.952 bits per heavy atom. The average molecular weight is 320 g/mol. The van der Waals surface area contributed by atoms with Gasteiger partial charge in [0.15, 0.2) is 17.5 Å². The Hall–Kier alpha value is -0.853. The molecule has 0 bridgehead atoms. The van der Waals surface area contributed by atoms with Gasteiger partial charge in [0.25, 0.3) is 0 Å².